The molecule has 3 aromatic rings. The fourth-order valence-electron chi connectivity index (χ4n) is 4.34. The highest BCUT2D eigenvalue weighted by molar-refractivity contribution is 5.81. The molecule has 1 fully saturated rings. The molecule has 2 heterocycles. The number of carbonyl (C=O) groups excluding carboxylic acids is 1. The number of benzene rings is 2. The second kappa shape index (κ2) is 11.2. The summed E-state index contributed by atoms with van der Waals surface area (Å²) in [5.74, 6) is 2.21. The van der Waals surface area contributed by atoms with E-state index < -0.39 is 0 Å². The fourth-order valence-corrected chi connectivity index (χ4v) is 4.34. The lowest BCUT2D eigenvalue weighted by molar-refractivity contribution is -0.130. The van der Waals surface area contributed by atoms with Crippen LogP contribution in [0.1, 0.15) is 43.6 Å². The quantitative estimate of drug-likeness (QED) is 0.332. The summed E-state index contributed by atoms with van der Waals surface area (Å²) in [6.45, 7) is 7.64. The van der Waals surface area contributed by atoms with Crippen LogP contribution in [0.5, 0.6) is 11.5 Å². The van der Waals surface area contributed by atoms with Gasteiger partial charge < -0.3 is 24.1 Å². The Balaban J connectivity index is 1.43. The number of para-hydroxylation sites is 2. The number of methoxy groups -OCH3 is 1. The molecular weight excluding hydrogens is 430 g/mol. The highest BCUT2D eigenvalue weighted by atomic mass is 16.5. The van der Waals surface area contributed by atoms with Crippen LogP contribution in [0.2, 0.25) is 0 Å². The summed E-state index contributed by atoms with van der Waals surface area (Å²) < 4.78 is 19.2. The minimum absolute atomic E-state index is 0.0704. The average Bonchev–Trinajstić information content (AvgIpc) is 3.51. The van der Waals surface area contributed by atoms with Crippen molar-refractivity contribution in [2.45, 2.75) is 51.3 Å². The Morgan fingerprint density at radius 3 is 2.94 bits per heavy atom. The number of carbonyl (C=O) groups is 1. The van der Waals surface area contributed by atoms with E-state index in [2.05, 4.69) is 22.5 Å². The Hall–Kier alpha value is -3.32. The van der Waals surface area contributed by atoms with Crippen molar-refractivity contribution < 1.29 is 19.0 Å². The van der Waals surface area contributed by atoms with Gasteiger partial charge in [-0.2, -0.15) is 0 Å². The zero-order valence-electron chi connectivity index (χ0n) is 20.0. The van der Waals surface area contributed by atoms with E-state index in [1.54, 1.807) is 7.11 Å². The van der Waals surface area contributed by atoms with Crippen LogP contribution in [0, 0.1) is 0 Å². The van der Waals surface area contributed by atoms with Gasteiger partial charge in [-0.25, -0.2) is 4.98 Å². The van der Waals surface area contributed by atoms with E-state index in [1.807, 2.05) is 49.4 Å². The Bertz CT molecular complexity index is 1130. The normalized spacial score (nSPS) is 16.4. The van der Waals surface area contributed by atoms with E-state index in [1.165, 1.54) is 0 Å². The largest absolute Gasteiger partial charge is 0.493 e. The summed E-state index contributed by atoms with van der Waals surface area (Å²) in [5.41, 5.74) is 3.09. The summed E-state index contributed by atoms with van der Waals surface area (Å²) in [5, 5.41) is 3.08. The van der Waals surface area contributed by atoms with Gasteiger partial charge in [0.1, 0.15) is 11.9 Å². The maximum Gasteiger partial charge on any atom is 0.249 e. The first-order chi connectivity index (χ1) is 16.6. The minimum Gasteiger partial charge on any atom is -0.493 e. The van der Waals surface area contributed by atoms with Crippen molar-refractivity contribution in [3.8, 4) is 11.5 Å². The average molecular weight is 464 g/mol. The molecule has 0 radical (unpaired) electrons. The van der Waals surface area contributed by atoms with Gasteiger partial charge in [-0.05, 0) is 62.4 Å². The zero-order valence-corrected chi connectivity index (χ0v) is 20.0. The maximum atomic E-state index is 12.6. The number of aromatic nitrogens is 2. The number of ether oxygens (including phenoxy) is 3. The van der Waals surface area contributed by atoms with Crippen molar-refractivity contribution in [1.29, 1.82) is 0 Å². The molecule has 7 heteroatoms. The van der Waals surface area contributed by atoms with Crippen molar-refractivity contribution in [3.05, 3.63) is 66.5 Å². The lowest BCUT2D eigenvalue weighted by Crippen LogP contribution is -2.36. The molecule has 7 nitrogen and oxygen atoms in total. The first kappa shape index (κ1) is 23.8. The number of imidazole rings is 1. The van der Waals surface area contributed by atoms with Crippen LogP contribution < -0.4 is 14.8 Å². The molecule has 34 heavy (non-hydrogen) atoms. The fraction of sp³-hybridized carbons (Fsp3) is 0.407. The smallest absolute Gasteiger partial charge is 0.249 e. The standard InChI is InChI=1S/C27H33N3O4/c1-4-9-20-13-14-23(25(18-20)32-3)33-17-8-15-30-22-11-6-5-10-21(22)29-26(30)19(2)28-27(31)24-12-7-16-34-24/h4-6,10-11,13-14,18-19,24H,1,7-9,12,15-17H2,2-3H3,(H,28,31). The van der Waals surface area contributed by atoms with E-state index in [4.69, 9.17) is 19.2 Å². The number of rotatable bonds is 11. The summed E-state index contributed by atoms with van der Waals surface area (Å²) in [6.07, 6.45) is 4.76. The van der Waals surface area contributed by atoms with Crippen molar-refractivity contribution in [3.63, 3.8) is 0 Å². The molecule has 0 bridgehead atoms. The molecule has 0 saturated carbocycles. The van der Waals surface area contributed by atoms with Crippen molar-refractivity contribution in [1.82, 2.24) is 14.9 Å². The molecule has 1 aromatic heterocycles. The van der Waals surface area contributed by atoms with E-state index in [9.17, 15) is 4.79 Å². The predicted octanol–water partition coefficient (Wildman–Crippen LogP) is 4.60. The van der Waals surface area contributed by atoms with E-state index in [0.29, 0.717) is 19.8 Å². The zero-order chi connectivity index (χ0) is 23.9. The Labute approximate surface area is 200 Å². The molecule has 1 aliphatic heterocycles. The molecule has 4 rings (SSSR count). The number of fused-ring (bicyclic) bond motifs is 1. The first-order valence-electron chi connectivity index (χ1n) is 11.9. The van der Waals surface area contributed by atoms with Gasteiger partial charge >= 0.3 is 0 Å². The number of amides is 1. The Morgan fingerprint density at radius 1 is 1.32 bits per heavy atom. The molecular formula is C27H33N3O4. The highest BCUT2D eigenvalue weighted by Crippen LogP contribution is 2.29. The SMILES string of the molecule is C=CCc1ccc(OCCCn2c(C(C)NC(=O)C3CCCO3)nc3ccccc32)c(OC)c1. The third-order valence-electron chi connectivity index (χ3n) is 6.04. The molecule has 0 aliphatic carbocycles. The number of aryl methyl sites for hydroxylation is 1. The number of allylic oxidation sites excluding steroid dienone is 1. The lowest BCUT2D eigenvalue weighted by atomic mass is 10.1. The molecule has 2 aromatic carbocycles. The van der Waals surface area contributed by atoms with Crippen LogP contribution in [0.3, 0.4) is 0 Å². The maximum absolute atomic E-state index is 12.6. The third-order valence-corrected chi connectivity index (χ3v) is 6.04. The van der Waals surface area contributed by atoms with Gasteiger partial charge in [0.25, 0.3) is 0 Å². The molecule has 1 amide bonds. The summed E-state index contributed by atoms with van der Waals surface area (Å²) in [4.78, 5) is 17.4. The Morgan fingerprint density at radius 2 is 2.18 bits per heavy atom. The van der Waals surface area contributed by atoms with Gasteiger partial charge in [0.15, 0.2) is 11.5 Å². The third kappa shape index (κ3) is 5.42. The van der Waals surface area contributed by atoms with Gasteiger partial charge in [-0.15, -0.1) is 6.58 Å². The number of nitrogens with zero attached hydrogens (tertiary/aromatic N) is 2. The number of nitrogens with one attached hydrogen (secondary N) is 1. The second-order valence-electron chi connectivity index (χ2n) is 8.52. The highest BCUT2D eigenvalue weighted by Gasteiger charge is 2.26. The van der Waals surface area contributed by atoms with Gasteiger partial charge in [0.2, 0.25) is 5.91 Å². The monoisotopic (exact) mass is 463 g/mol. The molecule has 2 unspecified atom stereocenters. The van der Waals surface area contributed by atoms with Crippen molar-refractivity contribution in [2.24, 2.45) is 0 Å². The topological polar surface area (TPSA) is 74.6 Å². The second-order valence-corrected chi connectivity index (χ2v) is 8.52. The minimum atomic E-state index is -0.360. The van der Waals surface area contributed by atoms with Gasteiger partial charge in [0, 0.05) is 13.2 Å². The molecule has 180 valence electrons. The van der Waals surface area contributed by atoms with Crippen molar-refractivity contribution in [2.75, 3.05) is 20.3 Å². The molecule has 2 atom stereocenters. The lowest BCUT2D eigenvalue weighted by Gasteiger charge is -2.18. The van der Waals surface area contributed by atoms with Crippen LogP contribution in [0.25, 0.3) is 11.0 Å². The molecule has 1 aliphatic rings. The molecule has 1 saturated heterocycles. The van der Waals surface area contributed by atoms with Gasteiger partial charge in [0.05, 0.1) is 30.8 Å². The molecule has 1 N–H and O–H groups in total. The van der Waals surface area contributed by atoms with Crippen molar-refractivity contribution >= 4 is 16.9 Å². The summed E-state index contributed by atoms with van der Waals surface area (Å²) >= 11 is 0. The Kier molecular flexibility index (Phi) is 7.85. The number of hydrogen-bond donors (Lipinski definition) is 1. The predicted molar refractivity (Wildman–Crippen MR) is 132 cm³/mol. The van der Waals surface area contributed by atoms with Crippen LogP contribution in [0.15, 0.2) is 55.1 Å². The molecule has 0 spiro atoms. The van der Waals surface area contributed by atoms with Crippen LogP contribution in [-0.2, 0) is 22.5 Å². The van der Waals surface area contributed by atoms with E-state index in [0.717, 1.165) is 59.6 Å². The van der Waals surface area contributed by atoms with E-state index >= 15 is 0 Å². The van der Waals surface area contributed by atoms with Gasteiger partial charge in [-0.3, -0.25) is 4.79 Å². The first-order valence-corrected chi connectivity index (χ1v) is 11.9. The number of hydrogen-bond acceptors (Lipinski definition) is 5. The van der Waals surface area contributed by atoms with Crippen LogP contribution >= 0.6 is 0 Å². The van der Waals surface area contributed by atoms with Gasteiger partial charge in [-0.1, -0.05) is 24.3 Å². The van der Waals surface area contributed by atoms with Crippen LogP contribution in [-0.4, -0.2) is 41.9 Å². The van der Waals surface area contributed by atoms with E-state index in [-0.39, 0.29) is 18.1 Å². The van der Waals surface area contributed by atoms with Crippen LogP contribution in [0.4, 0.5) is 0 Å². The summed E-state index contributed by atoms with van der Waals surface area (Å²) in [6, 6.07) is 13.8. The summed E-state index contributed by atoms with van der Waals surface area (Å²) in [7, 11) is 1.65.